The summed E-state index contributed by atoms with van der Waals surface area (Å²) < 4.78 is 0. The first kappa shape index (κ1) is 12.0. The molecule has 1 aliphatic rings. The minimum atomic E-state index is -0.0812. The molecule has 1 amide bonds. The normalized spacial score (nSPS) is 15.8. The summed E-state index contributed by atoms with van der Waals surface area (Å²) in [4.78, 5) is 16.5. The summed E-state index contributed by atoms with van der Waals surface area (Å²) in [5.41, 5.74) is 6.95. The van der Waals surface area contributed by atoms with Gasteiger partial charge in [0, 0.05) is 23.3 Å². The maximum atomic E-state index is 12.3. The average molecular weight is 255 g/mol. The van der Waals surface area contributed by atoms with Crippen LogP contribution in [0, 0.1) is 0 Å². The fourth-order valence-corrected chi connectivity index (χ4v) is 2.70. The predicted molar refractivity (Wildman–Crippen MR) is 75.9 cm³/mol. The van der Waals surface area contributed by atoms with Crippen molar-refractivity contribution in [2.75, 3.05) is 5.73 Å². The zero-order valence-electron chi connectivity index (χ0n) is 10.7. The molecule has 19 heavy (non-hydrogen) atoms. The number of aromatic nitrogens is 1. The molecule has 0 bridgehead atoms. The molecule has 98 valence electrons. The lowest BCUT2D eigenvalue weighted by Crippen LogP contribution is -2.33. The van der Waals surface area contributed by atoms with Crippen molar-refractivity contribution in [2.45, 2.75) is 31.7 Å². The third-order valence-corrected chi connectivity index (χ3v) is 3.69. The first-order chi connectivity index (χ1) is 9.24. The average Bonchev–Trinajstić information content (AvgIpc) is 2.90. The van der Waals surface area contributed by atoms with Gasteiger partial charge >= 0.3 is 0 Å². The van der Waals surface area contributed by atoms with E-state index >= 15 is 0 Å². The maximum absolute atomic E-state index is 12.3. The molecule has 1 aromatic heterocycles. The molecule has 1 saturated carbocycles. The summed E-state index contributed by atoms with van der Waals surface area (Å²) in [7, 11) is 0. The number of hydrogen-bond donors (Lipinski definition) is 2. The number of carbonyl (C=O) groups excluding carboxylic acids is 1. The standard InChI is InChI=1S/C15H17N3O/c16-11-5-6-13-10(9-11)7-8-17-14(13)15(19)18-12-3-1-2-4-12/h5-9,12H,1-4,16H2,(H,18,19). The Morgan fingerprint density at radius 3 is 2.84 bits per heavy atom. The van der Waals surface area contributed by atoms with Crippen LogP contribution >= 0.6 is 0 Å². The minimum Gasteiger partial charge on any atom is -0.399 e. The van der Waals surface area contributed by atoms with Gasteiger partial charge in [0.15, 0.2) is 0 Å². The smallest absolute Gasteiger partial charge is 0.270 e. The Labute approximate surface area is 112 Å². The number of benzene rings is 1. The van der Waals surface area contributed by atoms with Gasteiger partial charge in [-0.3, -0.25) is 9.78 Å². The number of hydrogen-bond acceptors (Lipinski definition) is 3. The zero-order valence-corrected chi connectivity index (χ0v) is 10.7. The van der Waals surface area contributed by atoms with Crippen LogP contribution in [0.5, 0.6) is 0 Å². The quantitative estimate of drug-likeness (QED) is 0.810. The lowest BCUT2D eigenvalue weighted by Gasteiger charge is -2.12. The zero-order chi connectivity index (χ0) is 13.2. The minimum absolute atomic E-state index is 0.0812. The van der Waals surface area contributed by atoms with Crippen molar-refractivity contribution in [1.82, 2.24) is 10.3 Å². The van der Waals surface area contributed by atoms with Crippen molar-refractivity contribution < 1.29 is 4.79 Å². The highest BCUT2D eigenvalue weighted by molar-refractivity contribution is 6.05. The fraction of sp³-hybridized carbons (Fsp3) is 0.333. The topological polar surface area (TPSA) is 68.0 Å². The van der Waals surface area contributed by atoms with Crippen molar-refractivity contribution in [3.8, 4) is 0 Å². The van der Waals surface area contributed by atoms with Gasteiger partial charge in [-0.15, -0.1) is 0 Å². The van der Waals surface area contributed by atoms with Gasteiger partial charge in [-0.05, 0) is 42.5 Å². The molecular formula is C15H17N3O. The van der Waals surface area contributed by atoms with Gasteiger partial charge in [0.05, 0.1) is 0 Å². The van der Waals surface area contributed by atoms with Gasteiger partial charge in [-0.2, -0.15) is 0 Å². The van der Waals surface area contributed by atoms with E-state index in [1.807, 2.05) is 18.2 Å². The van der Waals surface area contributed by atoms with Gasteiger partial charge in [-0.1, -0.05) is 12.8 Å². The number of nitrogens with two attached hydrogens (primary N) is 1. The van der Waals surface area contributed by atoms with Crippen LogP contribution in [0.2, 0.25) is 0 Å². The number of fused-ring (bicyclic) bond motifs is 1. The summed E-state index contributed by atoms with van der Waals surface area (Å²) in [6.45, 7) is 0. The molecule has 4 heteroatoms. The van der Waals surface area contributed by atoms with E-state index in [4.69, 9.17) is 5.73 Å². The van der Waals surface area contributed by atoms with Crippen LogP contribution in [0.1, 0.15) is 36.2 Å². The highest BCUT2D eigenvalue weighted by atomic mass is 16.1. The molecule has 0 aliphatic heterocycles. The Kier molecular flexibility index (Phi) is 3.07. The van der Waals surface area contributed by atoms with E-state index < -0.39 is 0 Å². The van der Waals surface area contributed by atoms with E-state index in [9.17, 15) is 4.79 Å². The third-order valence-electron chi connectivity index (χ3n) is 3.69. The van der Waals surface area contributed by atoms with Crippen LogP contribution in [0.4, 0.5) is 5.69 Å². The number of nitrogen functional groups attached to an aromatic ring is 1. The molecule has 4 nitrogen and oxygen atoms in total. The highest BCUT2D eigenvalue weighted by Gasteiger charge is 2.19. The first-order valence-corrected chi connectivity index (χ1v) is 6.69. The molecule has 1 aromatic carbocycles. The maximum Gasteiger partial charge on any atom is 0.270 e. The number of amides is 1. The fourth-order valence-electron chi connectivity index (χ4n) is 2.70. The summed E-state index contributed by atoms with van der Waals surface area (Å²) >= 11 is 0. The Bertz CT molecular complexity index is 618. The Morgan fingerprint density at radius 2 is 2.05 bits per heavy atom. The number of carbonyl (C=O) groups is 1. The second-order valence-corrected chi connectivity index (χ2v) is 5.09. The van der Waals surface area contributed by atoms with Crippen LogP contribution in [-0.4, -0.2) is 16.9 Å². The van der Waals surface area contributed by atoms with E-state index in [2.05, 4.69) is 10.3 Å². The molecule has 1 fully saturated rings. The van der Waals surface area contributed by atoms with Crippen LogP contribution in [-0.2, 0) is 0 Å². The van der Waals surface area contributed by atoms with Gasteiger partial charge in [0.2, 0.25) is 0 Å². The van der Waals surface area contributed by atoms with Crippen LogP contribution in [0.15, 0.2) is 30.5 Å². The summed E-state index contributed by atoms with van der Waals surface area (Å²) in [5.74, 6) is -0.0812. The molecule has 1 aliphatic carbocycles. The van der Waals surface area contributed by atoms with Gasteiger partial charge in [0.25, 0.3) is 5.91 Å². The Morgan fingerprint density at radius 1 is 1.26 bits per heavy atom. The predicted octanol–water partition coefficient (Wildman–Crippen LogP) is 2.49. The van der Waals surface area contributed by atoms with Crippen LogP contribution in [0.25, 0.3) is 10.8 Å². The molecular weight excluding hydrogens is 238 g/mol. The van der Waals surface area contributed by atoms with Crippen molar-refractivity contribution in [3.63, 3.8) is 0 Å². The molecule has 0 radical (unpaired) electrons. The second-order valence-electron chi connectivity index (χ2n) is 5.09. The molecule has 0 saturated heterocycles. The van der Waals surface area contributed by atoms with Gasteiger partial charge in [0.1, 0.15) is 5.69 Å². The molecule has 1 heterocycles. The van der Waals surface area contributed by atoms with Crippen molar-refractivity contribution in [1.29, 1.82) is 0 Å². The van der Waals surface area contributed by atoms with Crippen molar-refractivity contribution in [2.24, 2.45) is 0 Å². The summed E-state index contributed by atoms with van der Waals surface area (Å²) in [6, 6.07) is 7.71. The number of rotatable bonds is 2. The van der Waals surface area contributed by atoms with Crippen molar-refractivity contribution >= 4 is 22.4 Å². The highest BCUT2D eigenvalue weighted by Crippen LogP contribution is 2.21. The van der Waals surface area contributed by atoms with E-state index in [0.717, 1.165) is 23.6 Å². The molecule has 0 atom stereocenters. The number of nitrogens with zero attached hydrogens (tertiary/aromatic N) is 1. The van der Waals surface area contributed by atoms with Crippen molar-refractivity contribution in [3.05, 3.63) is 36.2 Å². The molecule has 0 spiro atoms. The number of anilines is 1. The largest absolute Gasteiger partial charge is 0.399 e. The van der Waals surface area contributed by atoms with Gasteiger partial charge < -0.3 is 11.1 Å². The van der Waals surface area contributed by atoms with E-state index in [0.29, 0.717) is 17.4 Å². The van der Waals surface area contributed by atoms with Crippen LogP contribution < -0.4 is 11.1 Å². The summed E-state index contributed by atoms with van der Waals surface area (Å²) in [6.07, 6.45) is 6.20. The Balaban J connectivity index is 1.93. The molecule has 3 N–H and O–H groups in total. The Hall–Kier alpha value is -2.10. The lowest BCUT2D eigenvalue weighted by molar-refractivity contribution is 0.0934. The van der Waals surface area contributed by atoms with E-state index in [-0.39, 0.29) is 5.91 Å². The number of nitrogens with one attached hydrogen (secondary N) is 1. The second kappa shape index (κ2) is 4.88. The molecule has 0 unspecified atom stereocenters. The SMILES string of the molecule is Nc1ccc2c(C(=O)NC3CCCC3)nccc2c1. The van der Waals surface area contributed by atoms with Crippen LogP contribution in [0.3, 0.4) is 0 Å². The van der Waals surface area contributed by atoms with Gasteiger partial charge in [-0.25, -0.2) is 0 Å². The summed E-state index contributed by atoms with van der Waals surface area (Å²) in [5, 5.41) is 4.87. The lowest BCUT2D eigenvalue weighted by atomic mass is 10.1. The first-order valence-electron chi connectivity index (χ1n) is 6.69. The van der Waals surface area contributed by atoms with E-state index in [1.165, 1.54) is 12.8 Å². The molecule has 2 aromatic rings. The van der Waals surface area contributed by atoms with E-state index in [1.54, 1.807) is 12.3 Å². The number of pyridine rings is 1. The molecule has 3 rings (SSSR count). The monoisotopic (exact) mass is 255 g/mol. The third kappa shape index (κ3) is 2.38.